The Kier molecular flexibility index (Phi) is 8.61. The summed E-state index contributed by atoms with van der Waals surface area (Å²) in [6, 6.07) is 0.315. The van der Waals surface area contributed by atoms with Crippen LogP contribution in [0.5, 0.6) is 0 Å². The summed E-state index contributed by atoms with van der Waals surface area (Å²) in [7, 11) is 0. The Bertz CT molecular complexity index is 205. The third-order valence-electron chi connectivity index (χ3n) is 2.94. The van der Waals surface area contributed by atoms with Crippen LogP contribution < -0.4 is 5.32 Å². The lowest BCUT2D eigenvalue weighted by molar-refractivity contribution is -0.149. The van der Waals surface area contributed by atoms with E-state index in [4.69, 9.17) is 0 Å². The quantitative estimate of drug-likeness (QED) is 0.689. The van der Waals surface area contributed by atoms with Gasteiger partial charge in [0, 0.05) is 12.1 Å². The summed E-state index contributed by atoms with van der Waals surface area (Å²) in [5, 5.41) is 3.34. The topological polar surface area (TPSA) is 15.3 Å². The number of hydrogen-bond acceptors (Lipinski definition) is 2. The molecule has 0 fully saturated rings. The van der Waals surface area contributed by atoms with Crippen LogP contribution in [0.25, 0.3) is 0 Å². The van der Waals surface area contributed by atoms with E-state index in [-0.39, 0.29) is 6.04 Å². The molecule has 0 saturated heterocycles. The Morgan fingerprint density at radius 2 is 1.78 bits per heavy atom. The average molecular weight is 268 g/mol. The standard InChI is InChI=1S/C13H27F3N2/c1-5-8-17-12(4)7-6-9-18(11(2)3)10-13(14,15)16/h11-12,17H,5-10H2,1-4H3. The maximum absolute atomic E-state index is 12.4. The second-order valence-electron chi connectivity index (χ2n) is 5.18. The molecule has 2 nitrogen and oxygen atoms in total. The van der Waals surface area contributed by atoms with Gasteiger partial charge in [0.25, 0.3) is 0 Å². The fourth-order valence-electron chi connectivity index (χ4n) is 1.84. The first-order valence-corrected chi connectivity index (χ1v) is 6.80. The Labute approximate surface area is 109 Å². The van der Waals surface area contributed by atoms with Gasteiger partial charge in [-0.25, -0.2) is 0 Å². The molecule has 0 spiro atoms. The van der Waals surface area contributed by atoms with Gasteiger partial charge in [-0.3, -0.25) is 4.90 Å². The molecule has 0 aromatic heterocycles. The number of halogens is 3. The van der Waals surface area contributed by atoms with Crippen molar-refractivity contribution >= 4 is 0 Å². The van der Waals surface area contributed by atoms with Crippen LogP contribution in [0.15, 0.2) is 0 Å². The Balaban J connectivity index is 3.91. The van der Waals surface area contributed by atoms with Crippen LogP contribution in [0.4, 0.5) is 13.2 Å². The molecule has 1 atom stereocenters. The van der Waals surface area contributed by atoms with E-state index in [9.17, 15) is 13.2 Å². The molecule has 110 valence electrons. The lowest BCUT2D eigenvalue weighted by Crippen LogP contribution is -2.40. The van der Waals surface area contributed by atoms with Crippen molar-refractivity contribution in [2.45, 2.75) is 65.2 Å². The van der Waals surface area contributed by atoms with Gasteiger partial charge in [-0.1, -0.05) is 6.92 Å². The molecule has 5 heteroatoms. The number of hydrogen-bond donors (Lipinski definition) is 1. The van der Waals surface area contributed by atoms with Crippen molar-refractivity contribution in [3.05, 3.63) is 0 Å². The molecular weight excluding hydrogens is 241 g/mol. The third-order valence-corrected chi connectivity index (χ3v) is 2.94. The predicted molar refractivity (Wildman–Crippen MR) is 69.8 cm³/mol. The van der Waals surface area contributed by atoms with Crippen molar-refractivity contribution in [3.8, 4) is 0 Å². The van der Waals surface area contributed by atoms with Crippen molar-refractivity contribution in [2.24, 2.45) is 0 Å². The van der Waals surface area contributed by atoms with Gasteiger partial charge in [-0.15, -0.1) is 0 Å². The number of nitrogens with zero attached hydrogens (tertiary/aromatic N) is 1. The van der Waals surface area contributed by atoms with E-state index in [0.29, 0.717) is 12.6 Å². The van der Waals surface area contributed by atoms with Crippen LogP contribution in [0.2, 0.25) is 0 Å². The van der Waals surface area contributed by atoms with Gasteiger partial charge in [0.2, 0.25) is 0 Å². The predicted octanol–water partition coefficient (Wildman–Crippen LogP) is 3.43. The second-order valence-corrected chi connectivity index (χ2v) is 5.18. The summed E-state index contributed by atoms with van der Waals surface area (Å²) in [5.41, 5.74) is 0. The molecule has 0 amide bonds. The van der Waals surface area contributed by atoms with E-state index in [2.05, 4.69) is 19.2 Å². The molecule has 0 saturated carbocycles. The fraction of sp³-hybridized carbons (Fsp3) is 1.00. The van der Waals surface area contributed by atoms with E-state index in [1.54, 1.807) is 0 Å². The first kappa shape index (κ1) is 17.7. The SMILES string of the molecule is CCCNC(C)CCCN(CC(F)(F)F)C(C)C. The van der Waals surface area contributed by atoms with E-state index < -0.39 is 12.7 Å². The molecular formula is C13H27F3N2. The molecule has 1 unspecified atom stereocenters. The third kappa shape index (κ3) is 9.71. The molecule has 0 aliphatic carbocycles. The number of nitrogens with one attached hydrogen (secondary N) is 1. The highest BCUT2D eigenvalue weighted by molar-refractivity contribution is 4.69. The molecule has 0 aliphatic heterocycles. The number of alkyl halides is 3. The van der Waals surface area contributed by atoms with Gasteiger partial charge in [-0.2, -0.15) is 13.2 Å². The lowest BCUT2D eigenvalue weighted by atomic mass is 10.1. The molecule has 0 aromatic rings. The summed E-state index contributed by atoms with van der Waals surface area (Å²) in [6.45, 7) is 8.48. The molecule has 18 heavy (non-hydrogen) atoms. The number of rotatable bonds is 9. The van der Waals surface area contributed by atoms with E-state index >= 15 is 0 Å². The van der Waals surface area contributed by atoms with Crippen LogP contribution in [0, 0.1) is 0 Å². The van der Waals surface area contributed by atoms with Gasteiger partial charge in [0.05, 0.1) is 6.54 Å². The highest BCUT2D eigenvalue weighted by Gasteiger charge is 2.31. The Hall–Kier alpha value is -0.290. The van der Waals surface area contributed by atoms with Gasteiger partial charge in [-0.05, 0) is 53.1 Å². The van der Waals surface area contributed by atoms with Crippen molar-refractivity contribution in [2.75, 3.05) is 19.6 Å². The van der Waals surface area contributed by atoms with Crippen molar-refractivity contribution in [1.82, 2.24) is 10.2 Å². The van der Waals surface area contributed by atoms with E-state index in [1.807, 2.05) is 13.8 Å². The summed E-state index contributed by atoms with van der Waals surface area (Å²) in [4.78, 5) is 1.49. The van der Waals surface area contributed by atoms with Gasteiger partial charge < -0.3 is 5.32 Å². The monoisotopic (exact) mass is 268 g/mol. The minimum Gasteiger partial charge on any atom is -0.314 e. The first-order chi connectivity index (χ1) is 8.26. The minimum absolute atomic E-state index is 0.0643. The molecule has 1 N–H and O–H groups in total. The minimum atomic E-state index is -4.10. The highest BCUT2D eigenvalue weighted by atomic mass is 19.4. The summed E-state index contributed by atoms with van der Waals surface area (Å²) < 4.78 is 37.1. The van der Waals surface area contributed by atoms with Crippen LogP contribution in [-0.2, 0) is 0 Å². The maximum atomic E-state index is 12.4. The van der Waals surface area contributed by atoms with E-state index in [1.165, 1.54) is 4.90 Å². The highest BCUT2D eigenvalue weighted by Crippen LogP contribution is 2.18. The van der Waals surface area contributed by atoms with E-state index in [0.717, 1.165) is 25.8 Å². The zero-order valence-electron chi connectivity index (χ0n) is 12.0. The van der Waals surface area contributed by atoms with Crippen molar-refractivity contribution in [3.63, 3.8) is 0 Å². The van der Waals surface area contributed by atoms with Gasteiger partial charge in [0.1, 0.15) is 0 Å². The largest absolute Gasteiger partial charge is 0.401 e. The molecule has 0 heterocycles. The van der Waals surface area contributed by atoms with Crippen molar-refractivity contribution in [1.29, 1.82) is 0 Å². The lowest BCUT2D eigenvalue weighted by Gasteiger charge is -2.27. The van der Waals surface area contributed by atoms with Gasteiger partial charge >= 0.3 is 6.18 Å². The Morgan fingerprint density at radius 1 is 1.17 bits per heavy atom. The average Bonchev–Trinajstić information content (AvgIpc) is 2.23. The molecule has 0 aliphatic rings. The van der Waals surface area contributed by atoms with Crippen molar-refractivity contribution < 1.29 is 13.2 Å². The zero-order chi connectivity index (χ0) is 14.2. The summed E-state index contributed by atoms with van der Waals surface area (Å²) in [5.74, 6) is 0. The van der Waals surface area contributed by atoms with Crippen LogP contribution in [0.3, 0.4) is 0 Å². The summed E-state index contributed by atoms with van der Waals surface area (Å²) >= 11 is 0. The van der Waals surface area contributed by atoms with Crippen LogP contribution in [-0.4, -0.2) is 42.8 Å². The maximum Gasteiger partial charge on any atom is 0.401 e. The van der Waals surface area contributed by atoms with Crippen LogP contribution >= 0.6 is 0 Å². The fourth-order valence-corrected chi connectivity index (χ4v) is 1.84. The van der Waals surface area contributed by atoms with Crippen LogP contribution in [0.1, 0.15) is 47.0 Å². The normalized spacial score (nSPS) is 14.5. The summed E-state index contributed by atoms with van der Waals surface area (Å²) in [6.07, 6.45) is -1.31. The van der Waals surface area contributed by atoms with Gasteiger partial charge in [0.15, 0.2) is 0 Å². The smallest absolute Gasteiger partial charge is 0.314 e. The molecule has 0 radical (unpaired) electrons. The zero-order valence-corrected chi connectivity index (χ0v) is 12.0. The second kappa shape index (κ2) is 8.75. The molecule has 0 rings (SSSR count). The molecule has 0 bridgehead atoms. The Morgan fingerprint density at radius 3 is 2.22 bits per heavy atom. The first-order valence-electron chi connectivity index (χ1n) is 6.80. The molecule has 0 aromatic carbocycles.